The first kappa shape index (κ1) is 20.3. The number of unbranched alkanes of at least 4 members (excludes halogenated alkanes) is 2. The van der Waals surface area contributed by atoms with E-state index in [4.69, 9.17) is 9.47 Å². The van der Waals surface area contributed by atoms with Crippen molar-refractivity contribution in [2.75, 3.05) is 6.61 Å². The topological polar surface area (TPSA) is 47.9 Å². The number of nitrogens with zero attached hydrogens (tertiary/aromatic N) is 1. The molecule has 0 bridgehead atoms. The molecule has 0 saturated carbocycles. The molecular formula is C25H25NO3. The van der Waals surface area contributed by atoms with Crippen molar-refractivity contribution in [2.45, 2.75) is 26.2 Å². The second-order valence-corrected chi connectivity index (χ2v) is 6.63. The van der Waals surface area contributed by atoms with Gasteiger partial charge in [-0.05, 0) is 72.6 Å². The average molecular weight is 387 g/mol. The summed E-state index contributed by atoms with van der Waals surface area (Å²) in [5.74, 6) is 0.861. The number of hydrogen-bond acceptors (Lipinski definition) is 4. The molecule has 0 aliphatic carbocycles. The lowest BCUT2D eigenvalue weighted by Gasteiger charge is -2.07. The van der Waals surface area contributed by atoms with Gasteiger partial charge in [-0.1, -0.05) is 38.0 Å². The van der Waals surface area contributed by atoms with Crippen LogP contribution in [0.25, 0.3) is 0 Å². The van der Waals surface area contributed by atoms with E-state index in [0.29, 0.717) is 17.9 Å². The van der Waals surface area contributed by atoms with Gasteiger partial charge in [-0.3, -0.25) is 4.99 Å². The summed E-state index contributed by atoms with van der Waals surface area (Å²) in [5.41, 5.74) is 2.31. The maximum Gasteiger partial charge on any atom is 0.343 e. The predicted octanol–water partition coefficient (Wildman–Crippen LogP) is 6.23. The molecule has 148 valence electrons. The first-order valence-corrected chi connectivity index (χ1v) is 9.89. The van der Waals surface area contributed by atoms with E-state index >= 15 is 0 Å². The predicted molar refractivity (Wildman–Crippen MR) is 117 cm³/mol. The van der Waals surface area contributed by atoms with Crippen molar-refractivity contribution in [3.8, 4) is 11.5 Å². The van der Waals surface area contributed by atoms with E-state index in [0.717, 1.165) is 36.3 Å². The van der Waals surface area contributed by atoms with Gasteiger partial charge in [0.15, 0.2) is 0 Å². The van der Waals surface area contributed by atoms with Crippen LogP contribution in [-0.2, 0) is 0 Å². The molecule has 0 unspecified atom stereocenters. The zero-order valence-electron chi connectivity index (χ0n) is 16.6. The summed E-state index contributed by atoms with van der Waals surface area (Å²) in [7, 11) is 0. The van der Waals surface area contributed by atoms with Crippen LogP contribution in [0, 0.1) is 0 Å². The Hall–Kier alpha value is -3.40. The number of carbonyl (C=O) groups is 1. The summed E-state index contributed by atoms with van der Waals surface area (Å²) < 4.78 is 11.1. The Labute approximate surface area is 171 Å². The largest absolute Gasteiger partial charge is 0.494 e. The van der Waals surface area contributed by atoms with E-state index in [-0.39, 0.29) is 0 Å². The lowest BCUT2D eigenvalue weighted by Crippen LogP contribution is -2.08. The number of esters is 1. The number of para-hydroxylation sites is 1. The Morgan fingerprint density at radius 1 is 0.862 bits per heavy atom. The Balaban J connectivity index is 1.53. The van der Waals surface area contributed by atoms with Crippen LogP contribution in [0.15, 0.2) is 83.9 Å². The van der Waals surface area contributed by atoms with Crippen LogP contribution < -0.4 is 9.47 Å². The van der Waals surface area contributed by atoms with Gasteiger partial charge in [0.2, 0.25) is 0 Å². The molecule has 4 heteroatoms. The van der Waals surface area contributed by atoms with Gasteiger partial charge in [-0.2, -0.15) is 0 Å². The van der Waals surface area contributed by atoms with Gasteiger partial charge in [0.25, 0.3) is 0 Å². The fraction of sp³-hybridized carbons (Fsp3) is 0.200. The zero-order valence-corrected chi connectivity index (χ0v) is 16.6. The molecule has 0 N–H and O–H groups in total. The number of aliphatic imine (C=N–C) groups is 1. The normalized spacial score (nSPS) is 10.8. The van der Waals surface area contributed by atoms with E-state index < -0.39 is 5.97 Å². The molecule has 29 heavy (non-hydrogen) atoms. The van der Waals surface area contributed by atoms with Crippen molar-refractivity contribution in [3.63, 3.8) is 0 Å². The Kier molecular flexibility index (Phi) is 7.58. The van der Waals surface area contributed by atoms with Gasteiger partial charge >= 0.3 is 5.97 Å². The van der Waals surface area contributed by atoms with Crippen molar-refractivity contribution in [1.82, 2.24) is 0 Å². The molecule has 3 aromatic rings. The van der Waals surface area contributed by atoms with E-state index in [1.165, 1.54) is 0 Å². The van der Waals surface area contributed by atoms with Gasteiger partial charge in [0.1, 0.15) is 11.5 Å². The highest BCUT2D eigenvalue weighted by molar-refractivity contribution is 5.91. The minimum atomic E-state index is -0.395. The molecule has 0 atom stereocenters. The molecule has 0 fully saturated rings. The van der Waals surface area contributed by atoms with Crippen LogP contribution >= 0.6 is 0 Å². The van der Waals surface area contributed by atoms with Gasteiger partial charge in [0, 0.05) is 6.21 Å². The summed E-state index contributed by atoms with van der Waals surface area (Å²) >= 11 is 0. The van der Waals surface area contributed by atoms with Crippen molar-refractivity contribution in [1.29, 1.82) is 0 Å². The molecule has 0 radical (unpaired) electrons. The summed E-state index contributed by atoms with van der Waals surface area (Å²) in [4.78, 5) is 16.7. The molecule has 4 nitrogen and oxygen atoms in total. The van der Waals surface area contributed by atoms with Crippen molar-refractivity contribution < 1.29 is 14.3 Å². The molecule has 0 aliphatic rings. The lowest BCUT2D eigenvalue weighted by molar-refractivity contribution is 0.0734. The highest BCUT2D eigenvalue weighted by atomic mass is 16.5. The van der Waals surface area contributed by atoms with E-state index in [1.54, 1.807) is 42.6 Å². The van der Waals surface area contributed by atoms with E-state index in [2.05, 4.69) is 11.9 Å². The third-order valence-corrected chi connectivity index (χ3v) is 4.32. The Bertz CT molecular complexity index is 917. The molecule has 0 spiro atoms. The van der Waals surface area contributed by atoms with Crippen LogP contribution in [0.2, 0.25) is 0 Å². The quantitative estimate of drug-likeness (QED) is 0.189. The first-order chi connectivity index (χ1) is 14.2. The summed E-state index contributed by atoms with van der Waals surface area (Å²) in [6, 6.07) is 24.0. The third-order valence-electron chi connectivity index (χ3n) is 4.32. The van der Waals surface area contributed by atoms with Gasteiger partial charge in [-0.15, -0.1) is 0 Å². The molecule has 0 aromatic heterocycles. The van der Waals surface area contributed by atoms with Crippen LogP contribution in [0.4, 0.5) is 5.69 Å². The van der Waals surface area contributed by atoms with Crippen LogP contribution in [0.3, 0.4) is 0 Å². The standard InChI is InChI=1S/C25H25NO3/c1-2-3-7-18-28-23-16-12-21(13-17-23)25(27)29-24-14-10-20(11-15-24)19-26-22-8-5-4-6-9-22/h4-6,8-17,19H,2-3,7,18H2,1H3. The molecule has 0 aliphatic heterocycles. The van der Waals surface area contributed by atoms with Crippen molar-refractivity contribution in [3.05, 3.63) is 90.0 Å². The van der Waals surface area contributed by atoms with Gasteiger partial charge in [0.05, 0.1) is 17.9 Å². The fourth-order valence-electron chi connectivity index (χ4n) is 2.68. The highest BCUT2D eigenvalue weighted by Gasteiger charge is 2.09. The first-order valence-electron chi connectivity index (χ1n) is 9.89. The van der Waals surface area contributed by atoms with Crippen molar-refractivity contribution >= 4 is 17.9 Å². The second kappa shape index (κ2) is 10.8. The minimum absolute atomic E-state index is 0.395. The maximum absolute atomic E-state index is 12.3. The van der Waals surface area contributed by atoms with Gasteiger partial charge < -0.3 is 9.47 Å². The molecule has 3 aromatic carbocycles. The number of carbonyl (C=O) groups excluding carboxylic acids is 1. The molecule has 0 saturated heterocycles. The minimum Gasteiger partial charge on any atom is -0.494 e. The lowest BCUT2D eigenvalue weighted by atomic mass is 10.2. The average Bonchev–Trinajstić information content (AvgIpc) is 2.77. The second-order valence-electron chi connectivity index (χ2n) is 6.63. The molecule has 0 amide bonds. The SMILES string of the molecule is CCCCCOc1ccc(C(=O)Oc2ccc(C=Nc3ccccc3)cc2)cc1. The van der Waals surface area contributed by atoms with Crippen LogP contribution in [0.5, 0.6) is 11.5 Å². The maximum atomic E-state index is 12.3. The Morgan fingerprint density at radius 3 is 2.24 bits per heavy atom. The molecular weight excluding hydrogens is 362 g/mol. The smallest absolute Gasteiger partial charge is 0.343 e. The fourth-order valence-corrected chi connectivity index (χ4v) is 2.68. The number of hydrogen-bond donors (Lipinski definition) is 0. The molecule has 3 rings (SSSR count). The number of rotatable bonds is 9. The molecule has 0 heterocycles. The summed E-state index contributed by atoms with van der Waals surface area (Å²) in [6.45, 7) is 2.85. The van der Waals surface area contributed by atoms with E-state index in [1.807, 2.05) is 42.5 Å². The van der Waals surface area contributed by atoms with Gasteiger partial charge in [-0.25, -0.2) is 4.79 Å². The Morgan fingerprint density at radius 2 is 1.55 bits per heavy atom. The third kappa shape index (κ3) is 6.61. The summed E-state index contributed by atoms with van der Waals surface area (Å²) in [5, 5.41) is 0. The number of benzene rings is 3. The van der Waals surface area contributed by atoms with Crippen molar-refractivity contribution in [2.24, 2.45) is 4.99 Å². The summed E-state index contributed by atoms with van der Waals surface area (Å²) in [6.07, 6.45) is 5.13. The van der Waals surface area contributed by atoms with Crippen LogP contribution in [0.1, 0.15) is 42.1 Å². The monoisotopic (exact) mass is 387 g/mol. The highest BCUT2D eigenvalue weighted by Crippen LogP contribution is 2.17. The van der Waals surface area contributed by atoms with E-state index in [9.17, 15) is 4.79 Å². The zero-order chi connectivity index (χ0) is 20.3. The number of ether oxygens (including phenoxy) is 2. The van der Waals surface area contributed by atoms with Crippen LogP contribution in [-0.4, -0.2) is 18.8 Å².